The maximum absolute atomic E-state index is 11.1. The summed E-state index contributed by atoms with van der Waals surface area (Å²) in [5.74, 6) is -0.208. The molecular formula is C10H17NO2. The van der Waals surface area contributed by atoms with Gasteiger partial charge in [0.05, 0.1) is 6.61 Å². The van der Waals surface area contributed by atoms with Crippen LogP contribution in [0.3, 0.4) is 0 Å². The monoisotopic (exact) mass is 183 g/mol. The number of carbonyl (C=O) groups excluding carboxylic acids is 1. The highest BCUT2D eigenvalue weighted by Crippen LogP contribution is 2.19. The number of hydrogen-bond donors (Lipinski definition) is 0. The molecule has 0 aromatic carbocycles. The summed E-state index contributed by atoms with van der Waals surface area (Å²) in [5.41, 5.74) is 1.17. The molecule has 0 aromatic rings. The summed E-state index contributed by atoms with van der Waals surface area (Å²) in [6.45, 7) is 5.32. The lowest BCUT2D eigenvalue weighted by Gasteiger charge is -2.11. The zero-order chi connectivity index (χ0) is 9.84. The van der Waals surface area contributed by atoms with Gasteiger partial charge in [0, 0.05) is 18.7 Å². The van der Waals surface area contributed by atoms with Gasteiger partial charge in [-0.05, 0) is 32.9 Å². The number of nitrogens with zero attached hydrogens (tertiary/aromatic N) is 1. The van der Waals surface area contributed by atoms with Crippen LogP contribution in [-0.4, -0.2) is 37.1 Å². The van der Waals surface area contributed by atoms with E-state index in [-0.39, 0.29) is 5.97 Å². The van der Waals surface area contributed by atoms with Crippen molar-refractivity contribution in [3.05, 3.63) is 11.6 Å². The summed E-state index contributed by atoms with van der Waals surface area (Å²) >= 11 is 0. The molecule has 1 rings (SSSR count). The molecular weight excluding hydrogens is 166 g/mol. The van der Waals surface area contributed by atoms with Gasteiger partial charge in [-0.3, -0.25) is 4.90 Å². The minimum Gasteiger partial charge on any atom is -0.463 e. The van der Waals surface area contributed by atoms with Gasteiger partial charge in [-0.2, -0.15) is 0 Å². The van der Waals surface area contributed by atoms with Crippen molar-refractivity contribution in [3.8, 4) is 0 Å². The topological polar surface area (TPSA) is 29.5 Å². The molecule has 13 heavy (non-hydrogen) atoms. The molecule has 1 unspecified atom stereocenters. The summed E-state index contributed by atoms with van der Waals surface area (Å²) in [4.78, 5) is 13.3. The zero-order valence-corrected chi connectivity index (χ0v) is 8.54. The largest absolute Gasteiger partial charge is 0.463 e. The highest BCUT2D eigenvalue weighted by atomic mass is 16.5. The predicted molar refractivity (Wildman–Crippen MR) is 51.4 cm³/mol. The molecule has 1 aliphatic heterocycles. The Labute approximate surface area is 79.4 Å². The van der Waals surface area contributed by atoms with Crippen LogP contribution in [0.1, 0.15) is 20.3 Å². The highest BCUT2D eigenvalue weighted by Gasteiger charge is 2.21. The summed E-state index contributed by atoms with van der Waals surface area (Å²) < 4.78 is 4.84. The van der Waals surface area contributed by atoms with E-state index in [0.717, 1.165) is 13.0 Å². The van der Waals surface area contributed by atoms with Crippen LogP contribution in [0.5, 0.6) is 0 Å². The zero-order valence-electron chi connectivity index (χ0n) is 8.54. The summed E-state index contributed by atoms with van der Waals surface area (Å²) in [5, 5.41) is 0. The molecule has 3 nitrogen and oxygen atoms in total. The Morgan fingerprint density at radius 1 is 1.77 bits per heavy atom. The molecule has 0 bridgehead atoms. The van der Waals surface area contributed by atoms with Crippen LogP contribution >= 0.6 is 0 Å². The molecule has 0 spiro atoms. The molecule has 0 aromatic heterocycles. The Bertz CT molecular complexity index is 211. The van der Waals surface area contributed by atoms with Crippen molar-refractivity contribution in [2.75, 3.05) is 20.2 Å². The fourth-order valence-corrected chi connectivity index (χ4v) is 1.53. The van der Waals surface area contributed by atoms with Crippen molar-refractivity contribution >= 4 is 5.97 Å². The molecule has 1 saturated heterocycles. The minimum absolute atomic E-state index is 0.208. The third-order valence-corrected chi connectivity index (χ3v) is 2.37. The molecule has 1 fully saturated rings. The van der Waals surface area contributed by atoms with Gasteiger partial charge in [-0.15, -0.1) is 0 Å². The number of likely N-dealkylation sites (tertiary alicyclic amines) is 1. The Balaban J connectivity index is 2.49. The van der Waals surface area contributed by atoms with E-state index < -0.39 is 0 Å². The maximum Gasteiger partial charge on any atom is 0.330 e. The van der Waals surface area contributed by atoms with E-state index in [1.165, 1.54) is 5.57 Å². The van der Waals surface area contributed by atoms with Crippen LogP contribution in [-0.2, 0) is 9.53 Å². The first-order valence-electron chi connectivity index (χ1n) is 4.70. The average Bonchev–Trinajstić information content (AvgIpc) is 2.31. The van der Waals surface area contributed by atoms with Crippen molar-refractivity contribution in [2.24, 2.45) is 0 Å². The second-order valence-electron chi connectivity index (χ2n) is 3.52. The average molecular weight is 183 g/mol. The summed E-state index contributed by atoms with van der Waals surface area (Å²) in [6, 6.07) is 0.542. The fraction of sp³-hybridized carbons (Fsp3) is 0.700. The number of ether oxygens (including phenoxy) is 1. The number of likely N-dealkylation sites (N-methyl/N-ethyl adjacent to an activating group) is 1. The van der Waals surface area contributed by atoms with Gasteiger partial charge in [-0.1, -0.05) is 0 Å². The Hall–Kier alpha value is -0.830. The van der Waals surface area contributed by atoms with Gasteiger partial charge in [-0.25, -0.2) is 4.79 Å². The van der Waals surface area contributed by atoms with Crippen molar-refractivity contribution in [1.82, 2.24) is 4.90 Å². The van der Waals surface area contributed by atoms with E-state index in [4.69, 9.17) is 4.74 Å². The van der Waals surface area contributed by atoms with Crippen LogP contribution in [0.2, 0.25) is 0 Å². The lowest BCUT2D eigenvalue weighted by molar-refractivity contribution is -0.137. The van der Waals surface area contributed by atoms with Crippen LogP contribution in [0, 0.1) is 0 Å². The quantitative estimate of drug-likeness (QED) is 0.476. The Kier molecular flexibility index (Phi) is 3.48. The van der Waals surface area contributed by atoms with Gasteiger partial charge in [0.1, 0.15) is 0 Å². The van der Waals surface area contributed by atoms with E-state index >= 15 is 0 Å². The molecule has 0 N–H and O–H groups in total. The lowest BCUT2D eigenvalue weighted by Crippen LogP contribution is -2.20. The van der Waals surface area contributed by atoms with Crippen LogP contribution in [0.4, 0.5) is 0 Å². The van der Waals surface area contributed by atoms with E-state index in [2.05, 4.69) is 18.9 Å². The first-order chi connectivity index (χ1) is 6.13. The number of esters is 1. The Morgan fingerprint density at radius 2 is 2.46 bits per heavy atom. The minimum atomic E-state index is -0.208. The van der Waals surface area contributed by atoms with Crippen molar-refractivity contribution in [1.29, 1.82) is 0 Å². The van der Waals surface area contributed by atoms with Gasteiger partial charge in [0.2, 0.25) is 0 Å². The third kappa shape index (κ3) is 2.84. The first-order valence-corrected chi connectivity index (χ1v) is 4.70. The normalized spacial score (nSPS) is 26.7. The Morgan fingerprint density at radius 3 is 2.92 bits per heavy atom. The summed E-state index contributed by atoms with van der Waals surface area (Å²) in [6.07, 6.45) is 2.61. The van der Waals surface area contributed by atoms with E-state index in [9.17, 15) is 4.79 Å². The van der Waals surface area contributed by atoms with E-state index in [0.29, 0.717) is 12.6 Å². The predicted octanol–water partition coefficient (Wildman–Crippen LogP) is 1.20. The second kappa shape index (κ2) is 4.42. The maximum atomic E-state index is 11.1. The first kappa shape index (κ1) is 10.3. The SMILES string of the molecule is CCOC(=O)/C=C1\CC(C)N(C)C1. The van der Waals surface area contributed by atoms with E-state index in [1.54, 1.807) is 6.08 Å². The summed E-state index contributed by atoms with van der Waals surface area (Å²) in [7, 11) is 2.07. The molecule has 0 saturated carbocycles. The highest BCUT2D eigenvalue weighted by molar-refractivity contribution is 5.82. The van der Waals surface area contributed by atoms with Crippen molar-refractivity contribution in [3.63, 3.8) is 0 Å². The van der Waals surface area contributed by atoms with Gasteiger partial charge >= 0.3 is 5.97 Å². The third-order valence-electron chi connectivity index (χ3n) is 2.37. The number of carbonyl (C=O) groups is 1. The number of hydrogen-bond acceptors (Lipinski definition) is 3. The standard InChI is InChI=1S/C10H17NO2/c1-4-13-10(12)6-9-5-8(2)11(3)7-9/h6,8H,4-5,7H2,1-3H3/b9-6+. The van der Waals surface area contributed by atoms with Crippen LogP contribution < -0.4 is 0 Å². The molecule has 0 radical (unpaired) electrons. The smallest absolute Gasteiger partial charge is 0.330 e. The van der Waals surface area contributed by atoms with Crippen LogP contribution in [0.25, 0.3) is 0 Å². The molecule has 74 valence electrons. The van der Waals surface area contributed by atoms with Crippen LogP contribution in [0.15, 0.2) is 11.6 Å². The molecule has 0 aliphatic carbocycles. The lowest BCUT2D eigenvalue weighted by atomic mass is 10.2. The molecule has 1 aliphatic rings. The van der Waals surface area contributed by atoms with Crippen molar-refractivity contribution < 1.29 is 9.53 Å². The second-order valence-corrected chi connectivity index (χ2v) is 3.52. The fourth-order valence-electron chi connectivity index (χ4n) is 1.53. The molecule has 0 amide bonds. The van der Waals surface area contributed by atoms with Crippen molar-refractivity contribution in [2.45, 2.75) is 26.3 Å². The van der Waals surface area contributed by atoms with E-state index in [1.807, 2.05) is 6.92 Å². The molecule has 1 atom stereocenters. The number of rotatable bonds is 2. The molecule has 1 heterocycles. The van der Waals surface area contributed by atoms with Gasteiger partial charge in [0.15, 0.2) is 0 Å². The van der Waals surface area contributed by atoms with Gasteiger partial charge in [0.25, 0.3) is 0 Å². The van der Waals surface area contributed by atoms with Gasteiger partial charge < -0.3 is 4.74 Å². The molecule has 3 heteroatoms.